The molecule has 1 heterocycles. The van der Waals surface area contributed by atoms with Crippen LogP contribution in [0.25, 0.3) is 0 Å². The Labute approximate surface area is 102 Å². The third-order valence-electron chi connectivity index (χ3n) is 2.69. The Kier molecular flexibility index (Phi) is 4.51. The monoisotopic (exact) mass is 243 g/mol. The summed E-state index contributed by atoms with van der Waals surface area (Å²) >= 11 is 0. The summed E-state index contributed by atoms with van der Waals surface area (Å²) in [6.07, 6.45) is 1.63. The van der Waals surface area contributed by atoms with Gasteiger partial charge in [0.1, 0.15) is 11.6 Å². The maximum atomic E-state index is 11.6. The number of aliphatic carboxylic acids is 1. The summed E-state index contributed by atoms with van der Waals surface area (Å²) < 4.78 is 5.23. The Hall–Kier alpha value is -1.10. The molecule has 2 N–H and O–H groups in total. The van der Waals surface area contributed by atoms with Crippen LogP contribution in [-0.2, 0) is 14.3 Å². The highest BCUT2D eigenvalue weighted by Crippen LogP contribution is 2.21. The largest absolute Gasteiger partial charge is 0.480 e. The van der Waals surface area contributed by atoms with Crippen molar-refractivity contribution in [3.8, 4) is 0 Å². The smallest absolute Gasteiger partial charge is 0.320 e. The van der Waals surface area contributed by atoms with Gasteiger partial charge in [-0.15, -0.1) is 0 Å². The lowest BCUT2D eigenvalue weighted by Crippen LogP contribution is -2.44. The summed E-state index contributed by atoms with van der Waals surface area (Å²) in [5, 5.41) is 11.8. The van der Waals surface area contributed by atoms with Crippen LogP contribution in [-0.4, -0.2) is 35.2 Å². The van der Waals surface area contributed by atoms with E-state index in [-0.39, 0.29) is 11.9 Å². The van der Waals surface area contributed by atoms with E-state index in [1.165, 1.54) is 0 Å². The third kappa shape index (κ3) is 5.17. The molecular formula is C12H21NO4. The van der Waals surface area contributed by atoms with Gasteiger partial charge < -0.3 is 15.2 Å². The number of rotatable bonds is 3. The highest BCUT2D eigenvalue weighted by molar-refractivity contribution is 5.74. The molecule has 1 aliphatic heterocycles. The molecule has 1 unspecified atom stereocenters. The van der Waals surface area contributed by atoms with Crippen molar-refractivity contribution in [2.45, 2.75) is 51.7 Å². The number of hydrogen-bond donors (Lipinski definition) is 2. The van der Waals surface area contributed by atoms with Gasteiger partial charge in [-0.1, -0.05) is 0 Å². The number of ether oxygens (including phenoxy) is 1. The number of esters is 1. The zero-order valence-corrected chi connectivity index (χ0v) is 10.7. The van der Waals surface area contributed by atoms with Crippen LogP contribution in [0.3, 0.4) is 0 Å². The quantitative estimate of drug-likeness (QED) is 0.728. The van der Waals surface area contributed by atoms with Crippen LogP contribution in [0.4, 0.5) is 0 Å². The number of carbonyl (C=O) groups excluding carboxylic acids is 1. The molecule has 0 amide bonds. The Morgan fingerprint density at radius 2 is 2.06 bits per heavy atom. The molecule has 98 valence electrons. The second kappa shape index (κ2) is 5.49. The molecule has 0 spiro atoms. The lowest BCUT2D eigenvalue weighted by atomic mass is 9.90. The first-order valence-corrected chi connectivity index (χ1v) is 5.96. The summed E-state index contributed by atoms with van der Waals surface area (Å²) in [6.45, 7) is 6.12. The topological polar surface area (TPSA) is 75.6 Å². The van der Waals surface area contributed by atoms with E-state index in [1.54, 1.807) is 0 Å². The summed E-state index contributed by atoms with van der Waals surface area (Å²) in [5.41, 5.74) is -0.476. The molecule has 1 aliphatic rings. The molecule has 0 aliphatic carbocycles. The van der Waals surface area contributed by atoms with Gasteiger partial charge in [0.2, 0.25) is 0 Å². The van der Waals surface area contributed by atoms with Crippen molar-refractivity contribution in [2.24, 2.45) is 5.92 Å². The Morgan fingerprint density at radius 3 is 2.59 bits per heavy atom. The second-order valence-electron chi connectivity index (χ2n) is 5.53. The minimum atomic E-state index is -0.848. The summed E-state index contributed by atoms with van der Waals surface area (Å²) in [5.74, 6) is -0.986. The first-order chi connectivity index (χ1) is 7.78. The Balaban J connectivity index is 2.41. The molecule has 2 atom stereocenters. The molecular weight excluding hydrogens is 222 g/mol. The normalized spacial score (nSPS) is 25.4. The summed E-state index contributed by atoms with van der Waals surface area (Å²) in [6, 6.07) is -0.531. The predicted molar refractivity (Wildman–Crippen MR) is 62.6 cm³/mol. The number of carbonyl (C=O) groups is 2. The molecule has 0 aromatic carbocycles. The van der Waals surface area contributed by atoms with Gasteiger partial charge in [0.25, 0.3) is 0 Å². The van der Waals surface area contributed by atoms with E-state index in [0.717, 1.165) is 6.42 Å². The van der Waals surface area contributed by atoms with E-state index in [4.69, 9.17) is 9.84 Å². The predicted octanol–water partition coefficient (Wildman–Crippen LogP) is 1.17. The number of carboxylic acid groups (broad SMARTS) is 1. The fourth-order valence-corrected chi connectivity index (χ4v) is 1.99. The molecule has 1 saturated heterocycles. The molecule has 0 radical (unpaired) electrons. The van der Waals surface area contributed by atoms with E-state index in [1.807, 2.05) is 20.8 Å². The van der Waals surface area contributed by atoms with Gasteiger partial charge in [0.15, 0.2) is 0 Å². The zero-order valence-electron chi connectivity index (χ0n) is 10.7. The summed E-state index contributed by atoms with van der Waals surface area (Å²) in [4.78, 5) is 22.4. The van der Waals surface area contributed by atoms with Gasteiger partial charge >= 0.3 is 11.9 Å². The van der Waals surface area contributed by atoms with Crippen LogP contribution in [0.1, 0.15) is 40.0 Å². The van der Waals surface area contributed by atoms with Crippen LogP contribution >= 0.6 is 0 Å². The number of piperidine rings is 1. The Morgan fingerprint density at radius 1 is 1.41 bits per heavy atom. The van der Waals surface area contributed by atoms with Crippen LogP contribution in [0.5, 0.6) is 0 Å². The maximum absolute atomic E-state index is 11.6. The average molecular weight is 243 g/mol. The van der Waals surface area contributed by atoms with Gasteiger partial charge in [-0.3, -0.25) is 9.59 Å². The van der Waals surface area contributed by atoms with E-state index in [2.05, 4.69) is 5.32 Å². The van der Waals surface area contributed by atoms with Crippen LogP contribution in [0, 0.1) is 5.92 Å². The van der Waals surface area contributed by atoms with Crippen molar-refractivity contribution >= 4 is 11.9 Å². The fourth-order valence-electron chi connectivity index (χ4n) is 1.99. The molecule has 5 nitrogen and oxygen atoms in total. The average Bonchev–Trinajstić information content (AvgIpc) is 2.14. The molecule has 0 saturated carbocycles. The van der Waals surface area contributed by atoms with Crippen LogP contribution in [0.2, 0.25) is 0 Å². The van der Waals surface area contributed by atoms with Gasteiger partial charge in [-0.05, 0) is 46.1 Å². The molecule has 1 rings (SSSR count). The van der Waals surface area contributed by atoms with Crippen LogP contribution < -0.4 is 5.32 Å². The lowest BCUT2D eigenvalue weighted by Gasteiger charge is -2.28. The number of carboxylic acids is 1. The standard InChI is InChI=1S/C12H21NO4/c1-12(2,3)17-10(14)7-8-4-5-13-9(6-8)11(15)16/h8-9,13H,4-7H2,1-3H3,(H,15,16)/t8?,9-/m0/s1. The van der Waals surface area contributed by atoms with Gasteiger partial charge in [-0.2, -0.15) is 0 Å². The van der Waals surface area contributed by atoms with Crippen LogP contribution in [0.15, 0.2) is 0 Å². The highest BCUT2D eigenvalue weighted by Gasteiger charge is 2.29. The lowest BCUT2D eigenvalue weighted by molar-refractivity contribution is -0.156. The van der Waals surface area contributed by atoms with Crippen molar-refractivity contribution in [3.63, 3.8) is 0 Å². The minimum Gasteiger partial charge on any atom is -0.480 e. The van der Waals surface area contributed by atoms with Gasteiger partial charge in [0, 0.05) is 6.42 Å². The van der Waals surface area contributed by atoms with E-state index in [9.17, 15) is 9.59 Å². The van der Waals surface area contributed by atoms with Gasteiger partial charge in [-0.25, -0.2) is 0 Å². The molecule has 17 heavy (non-hydrogen) atoms. The first kappa shape index (κ1) is 14.0. The Bertz CT molecular complexity index is 295. The molecule has 1 fully saturated rings. The zero-order chi connectivity index (χ0) is 13.1. The maximum Gasteiger partial charge on any atom is 0.320 e. The van der Waals surface area contributed by atoms with Crippen molar-refractivity contribution < 1.29 is 19.4 Å². The third-order valence-corrected chi connectivity index (χ3v) is 2.69. The minimum absolute atomic E-state index is 0.104. The van der Waals surface area contributed by atoms with Crippen molar-refractivity contribution in [1.29, 1.82) is 0 Å². The van der Waals surface area contributed by atoms with Gasteiger partial charge in [0.05, 0.1) is 0 Å². The van der Waals surface area contributed by atoms with E-state index >= 15 is 0 Å². The highest BCUT2D eigenvalue weighted by atomic mass is 16.6. The SMILES string of the molecule is CC(C)(C)OC(=O)CC1CCN[C@H](C(=O)O)C1. The van der Waals surface area contributed by atoms with Crippen molar-refractivity contribution in [2.75, 3.05) is 6.54 Å². The van der Waals surface area contributed by atoms with E-state index in [0.29, 0.717) is 19.4 Å². The molecule has 0 aromatic rings. The number of hydrogen-bond acceptors (Lipinski definition) is 4. The first-order valence-electron chi connectivity index (χ1n) is 5.96. The van der Waals surface area contributed by atoms with E-state index < -0.39 is 17.6 Å². The van der Waals surface area contributed by atoms with Crippen molar-refractivity contribution in [1.82, 2.24) is 5.32 Å². The molecule has 5 heteroatoms. The fraction of sp³-hybridized carbons (Fsp3) is 0.833. The summed E-state index contributed by atoms with van der Waals surface area (Å²) in [7, 11) is 0. The second-order valence-corrected chi connectivity index (χ2v) is 5.53. The molecule has 0 bridgehead atoms. The van der Waals surface area contributed by atoms with Crippen molar-refractivity contribution in [3.05, 3.63) is 0 Å². The number of nitrogens with one attached hydrogen (secondary N) is 1. The molecule has 0 aromatic heterocycles.